The number of methoxy groups -OCH3 is 1. The van der Waals surface area contributed by atoms with E-state index in [0.29, 0.717) is 25.4 Å². The second-order valence-electron chi connectivity index (χ2n) is 5.00. The molecule has 0 aliphatic carbocycles. The van der Waals surface area contributed by atoms with Crippen LogP contribution in [0.25, 0.3) is 0 Å². The third-order valence-corrected chi connectivity index (χ3v) is 3.31. The summed E-state index contributed by atoms with van der Waals surface area (Å²) in [5, 5.41) is 3.16. The summed E-state index contributed by atoms with van der Waals surface area (Å²) in [5.41, 5.74) is 1.04. The molecule has 1 aromatic rings. The van der Waals surface area contributed by atoms with Crippen LogP contribution >= 0.6 is 0 Å². The van der Waals surface area contributed by atoms with Gasteiger partial charge in [-0.3, -0.25) is 0 Å². The Balaban J connectivity index is 2.49. The molecule has 21 heavy (non-hydrogen) atoms. The van der Waals surface area contributed by atoms with E-state index in [9.17, 15) is 8.42 Å². The maximum atomic E-state index is 10.9. The fourth-order valence-electron chi connectivity index (χ4n) is 1.73. The minimum Gasteiger partial charge on any atom is -0.493 e. The van der Waals surface area contributed by atoms with E-state index in [1.165, 1.54) is 0 Å². The van der Waals surface area contributed by atoms with Gasteiger partial charge in [-0.1, -0.05) is 6.07 Å². The lowest BCUT2D eigenvalue weighted by Crippen LogP contribution is -2.30. The fraction of sp³-hybridized carbons (Fsp3) is 0.571. The van der Waals surface area contributed by atoms with Gasteiger partial charge >= 0.3 is 0 Å². The van der Waals surface area contributed by atoms with Crippen molar-refractivity contribution in [3.8, 4) is 11.5 Å². The predicted molar refractivity (Wildman–Crippen MR) is 83.3 cm³/mol. The largest absolute Gasteiger partial charge is 0.493 e. The summed E-state index contributed by atoms with van der Waals surface area (Å²) in [6.07, 6.45) is 1.23. The van der Waals surface area contributed by atoms with Crippen LogP contribution in [0.4, 0.5) is 0 Å². The van der Waals surface area contributed by atoms with Gasteiger partial charge < -0.3 is 14.8 Å². The Morgan fingerprint density at radius 2 is 1.90 bits per heavy atom. The normalized spacial score (nSPS) is 11.7. The van der Waals surface area contributed by atoms with Crippen molar-refractivity contribution in [2.24, 2.45) is 0 Å². The third kappa shape index (κ3) is 7.31. The van der Waals surface area contributed by atoms with E-state index in [-0.39, 0.29) is 6.10 Å². The van der Waals surface area contributed by atoms with Crippen LogP contribution in [-0.2, 0) is 16.6 Å². The molecule has 0 heterocycles. The van der Waals surface area contributed by atoms with Gasteiger partial charge in [-0.05, 0) is 31.5 Å². The van der Waals surface area contributed by atoms with Crippen LogP contribution in [0.2, 0.25) is 0 Å². The number of ether oxygens (including phenoxy) is 2. The summed E-state index contributed by atoms with van der Waals surface area (Å²) in [6.45, 7) is 5.47. The van der Waals surface area contributed by atoms with E-state index in [4.69, 9.17) is 9.47 Å². The van der Waals surface area contributed by atoms with E-state index in [1.807, 2.05) is 32.0 Å². The number of hydrogen-bond acceptors (Lipinski definition) is 5. The predicted octanol–water partition coefficient (Wildman–Crippen LogP) is 1.12. The summed E-state index contributed by atoms with van der Waals surface area (Å²) in [5.74, 6) is 1.41. The molecule has 1 rings (SSSR count). The molecule has 0 atom stereocenters. The van der Waals surface area contributed by atoms with E-state index in [2.05, 4.69) is 10.0 Å². The Morgan fingerprint density at radius 1 is 1.19 bits per heavy atom. The van der Waals surface area contributed by atoms with Gasteiger partial charge in [0.2, 0.25) is 10.0 Å². The van der Waals surface area contributed by atoms with Crippen molar-refractivity contribution in [2.75, 3.05) is 26.5 Å². The first-order valence-corrected chi connectivity index (χ1v) is 8.70. The molecule has 0 aromatic heterocycles. The summed E-state index contributed by atoms with van der Waals surface area (Å²) < 4.78 is 35.2. The van der Waals surface area contributed by atoms with Crippen LogP contribution in [-0.4, -0.2) is 41.0 Å². The molecule has 0 fully saturated rings. The average Bonchev–Trinajstić information content (AvgIpc) is 2.38. The zero-order chi connectivity index (χ0) is 15.9. The fourth-order valence-corrected chi connectivity index (χ4v) is 2.20. The Morgan fingerprint density at radius 3 is 2.48 bits per heavy atom. The molecule has 0 radical (unpaired) electrons. The Labute approximate surface area is 126 Å². The van der Waals surface area contributed by atoms with E-state index in [1.54, 1.807) is 7.11 Å². The van der Waals surface area contributed by atoms with Crippen LogP contribution in [0.5, 0.6) is 11.5 Å². The summed E-state index contributed by atoms with van der Waals surface area (Å²) in [6, 6.07) is 5.75. The van der Waals surface area contributed by atoms with Crippen LogP contribution in [0.1, 0.15) is 19.4 Å². The molecular weight excluding hydrogens is 292 g/mol. The minimum absolute atomic E-state index is 0.0879. The molecule has 6 nitrogen and oxygen atoms in total. The molecule has 1 aromatic carbocycles. The lowest BCUT2D eigenvalue weighted by molar-refractivity contribution is 0.230. The number of sulfonamides is 1. The van der Waals surface area contributed by atoms with Crippen LogP contribution in [0.15, 0.2) is 18.2 Å². The van der Waals surface area contributed by atoms with Crippen LogP contribution in [0, 0.1) is 0 Å². The van der Waals surface area contributed by atoms with Crippen molar-refractivity contribution >= 4 is 10.0 Å². The molecular formula is C14H24N2O4S. The van der Waals surface area contributed by atoms with Crippen molar-refractivity contribution in [1.29, 1.82) is 0 Å². The zero-order valence-corrected chi connectivity index (χ0v) is 13.8. The Bertz CT molecular complexity index is 544. The van der Waals surface area contributed by atoms with Crippen molar-refractivity contribution in [1.82, 2.24) is 10.0 Å². The highest BCUT2D eigenvalue weighted by molar-refractivity contribution is 7.88. The highest BCUT2D eigenvalue weighted by atomic mass is 32.2. The highest BCUT2D eigenvalue weighted by Gasteiger charge is 2.07. The summed E-state index contributed by atoms with van der Waals surface area (Å²) >= 11 is 0. The number of nitrogens with one attached hydrogen (secondary N) is 2. The second-order valence-corrected chi connectivity index (χ2v) is 6.83. The van der Waals surface area contributed by atoms with Gasteiger partial charge in [-0.2, -0.15) is 0 Å². The van der Waals surface area contributed by atoms with Gasteiger partial charge in [0.15, 0.2) is 11.5 Å². The number of benzene rings is 1. The first kappa shape index (κ1) is 17.7. The molecule has 2 N–H and O–H groups in total. The first-order chi connectivity index (χ1) is 9.81. The highest BCUT2D eigenvalue weighted by Crippen LogP contribution is 2.28. The summed E-state index contributed by atoms with van der Waals surface area (Å²) in [7, 11) is -1.52. The second kappa shape index (κ2) is 8.21. The van der Waals surface area contributed by atoms with Crippen molar-refractivity contribution in [3.63, 3.8) is 0 Å². The SMILES string of the molecule is COc1cc(CNCCNS(C)(=O)=O)ccc1OC(C)C. The average molecular weight is 316 g/mol. The van der Waals surface area contributed by atoms with Crippen molar-refractivity contribution < 1.29 is 17.9 Å². The van der Waals surface area contributed by atoms with Gasteiger partial charge in [0, 0.05) is 19.6 Å². The number of rotatable bonds is 9. The molecule has 0 spiro atoms. The molecule has 0 saturated heterocycles. The minimum atomic E-state index is -3.12. The monoisotopic (exact) mass is 316 g/mol. The molecule has 120 valence electrons. The number of hydrogen-bond donors (Lipinski definition) is 2. The van der Waals surface area contributed by atoms with Gasteiger partial charge in [0.25, 0.3) is 0 Å². The molecule has 0 unspecified atom stereocenters. The zero-order valence-electron chi connectivity index (χ0n) is 13.0. The Kier molecular flexibility index (Phi) is 6.94. The van der Waals surface area contributed by atoms with Crippen molar-refractivity contribution in [3.05, 3.63) is 23.8 Å². The molecule has 7 heteroatoms. The maximum Gasteiger partial charge on any atom is 0.208 e. The van der Waals surface area contributed by atoms with Crippen LogP contribution in [0.3, 0.4) is 0 Å². The maximum absolute atomic E-state index is 10.9. The van der Waals surface area contributed by atoms with E-state index < -0.39 is 10.0 Å². The molecule has 0 saturated carbocycles. The molecule has 0 aliphatic rings. The quantitative estimate of drug-likeness (QED) is 0.668. The molecule has 0 amide bonds. The summed E-state index contributed by atoms with van der Waals surface area (Å²) in [4.78, 5) is 0. The van der Waals surface area contributed by atoms with E-state index in [0.717, 1.165) is 17.6 Å². The van der Waals surface area contributed by atoms with Crippen LogP contribution < -0.4 is 19.5 Å². The smallest absolute Gasteiger partial charge is 0.208 e. The van der Waals surface area contributed by atoms with Gasteiger partial charge in [0.05, 0.1) is 19.5 Å². The van der Waals surface area contributed by atoms with Gasteiger partial charge in [-0.15, -0.1) is 0 Å². The molecule has 0 aliphatic heterocycles. The third-order valence-electron chi connectivity index (χ3n) is 2.59. The standard InChI is InChI=1S/C14H24N2O4S/c1-11(2)20-13-6-5-12(9-14(13)19-3)10-15-7-8-16-21(4,17)18/h5-6,9,11,15-16H,7-8,10H2,1-4H3. The van der Waals surface area contributed by atoms with E-state index >= 15 is 0 Å². The lowest BCUT2D eigenvalue weighted by atomic mass is 10.2. The molecule has 0 bridgehead atoms. The topological polar surface area (TPSA) is 76.7 Å². The van der Waals surface area contributed by atoms with Gasteiger partial charge in [-0.25, -0.2) is 13.1 Å². The Hall–Kier alpha value is -1.31. The van der Waals surface area contributed by atoms with Gasteiger partial charge in [0.1, 0.15) is 0 Å². The van der Waals surface area contributed by atoms with Crippen molar-refractivity contribution in [2.45, 2.75) is 26.5 Å². The lowest BCUT2D eigenvalue weighted by Gasteiger charge is -2.14. The first-order valence-electron chi connectivity index (χ1n) is 6.80.